The zero-order chi connectivity index (χ0) is 15.0. The van der Waals surface area contributed by atoms with Crippen molar-refractivity contribution in [3.63, 3.8) is 0 Å². The molecular formula is C11H9ClF7N. The fourth-order valence-electron chi connectivity index (χ4n) is 1.47. The largest absolute Gasteiger partial charge is 0.416 e. The summed E-state index contributed by atoms with van der Waals surface area (Å²) in [6.07, 6.45) is -9.43. The second-order valence-corrected chi connectivity index (χ2v) is 3.68. The minimum atomic E-state index is -5.15. The monoisotopic (exact) mass is 323 g/mol. The molecule has 1 rings (SSSR count). The molecular weight excluding hydrogens is 315 g/mol. The first-order valence-corrected chi connectivity index (χ1v) is 4.84. The summed E-state index contributed by atoms with van der Waals surface area (Å²) >= 11 is 0. The van der Waals surface area contributed by atoms with Crippen molar-refractivity contribution in [2.24, 2.45) is 5.73 Å². The molecule has 1 aromatic carbocycles. The lowest BCUT2D eigenvalue weighted by Crippen LogP contribution is -2.20. The second-order valence-electron chi connectivity index (χ2n) is 3.68. The Morgan fingerprint density at radius 1 is 1.05 bits per heavy atom. The normalized spacial score (nSPS) is 13.6. The van der Waals surface area contributed by atoms with Crippen LogP contribution in [0.2, 0.25) is 0 Å². The lowest BCUT2D eigenvalue weighted by Gasteiger charge is -2.19. The van der Waals surface area contributed by atoms with E-state index in [1.807, 2.05) is 0 Å². The van der Waals surface area contributed by atoms with Crippen LogP contribution in [0.15, 0.2) is 24.8 Å². The highest BCUT2D eigenvalue weighted by atomic mass is 35.5. The van der Waals surface area contributed by atoms with Crippen molar-refractivity contribution in [1.82, 2.24) is 0 Å². The summed E-state index contributed by atoms with van der Waals surface area (Å²) in [5, 5.41) is 0. The van der Waals surface area contributed by atoms with E-state index in [1.165, 1.54) is 0 Å². The molecule has 0 unspecified atom stereocenters. The molecule has 0 aromatic heterocycles. The van der Waals surface area contributed by atoms with E-state index in [1.54, 1.807) is 0 Å². The lowest BCUT2D eigenvalue weighted by molar-refractivity contribution is -0.143. The molecule has 0 amide bonds. The summed E-state index contributed by atoms with van der Waals surface area (Å²) in [4.78, 5) is 0. The van der Waals surface area contributed by atoms with Crippen LogP contribution in [-0.2, 0) is 12.4 Å². The SMILES string of the molecule is C=C[C@@H](N)c1c(F)cc(C(F)(F)F)cc1C(F)(F)F.Cl. The Morgan fingerprint density at radius 3 is 1.90 bits per heavy atom. The third-order valence-electron chi connectivity index (χ3n) is 2.35. The molecule has 1 nitrogen and oxygen atoms in total. The zero-order valence-electron chi connectivity index (χ0n) is 9.65. The predicted molar refractivity (Wildman–Crippen MR) is 60.8 cm³/mol. The van der Waals surface area contributed by atoms with Gasteiger partial charge in [0, 0.05) is 5.56 Å². The molecule has 0 aliphatic rings. The van der Waals surface area contributed by atoms with Crippen LogP contribution in [0.1, 0.15) is 22.7 Å². The third kappa shape index (κ3) is 3.86. The van der Waals surface area contributed by atoms with E-state index in [-0.39, 0.29) is 24.5 Å². The van der Waals surface area contributed by atoms with Crippen molar-refractivity contribution in [2.75, 3.05) is 0 Å². The van der Waals surface area contributed by atoms with Crippen LogP contribution in [0.4, 0.5) is 30.7 Å². The predicted octanol–water partition coefficient (Wildman–Crippen LogP) is 4.47. The summed E-state index contributed by atoms with van der Waals surface area (Å²) in [6.45, 7) is 3.09. The molecule has 2 N–H and O–H groups in total. The van der Waals surface area contributed by atoms with Gasteiger partial charge in [-0.2, -0.15) is 26.3 Å². The molecule has 0 heterocycles. The summed E-state index contributed by atoms with van der Waals surface area (Å²) in [6, 6.07) is -1.74. The Balaban J connectivity index is 0.00000361. The Labute approximate surface area is 115 Å². The van der Waals surface area contributed by atoms with Crippen LogP contribution in [0.25, 0.3) is 0 Å². The van der Waals surface area contributed by atoms with Gasteiger partial charge in [0.25, 0.3) is 0 Å². The third-order valence-corrected chi connectivity index (χ3v) is 2.35. The maximum atomic E-state index is 13.5. The van der Waals surface area contributed by atoms with Crippen molar-refractivity contribution >= 4 is 12.4 Å². The molecule has 114 valence electrons. The maximum Gasteiger partial charge on any atom is 0.416 e. The molecule has 1 atom stereocenters. The van der Waals surface area contributed by atoms with Crippen LogP contribution in [0, 0.1) is 5.82 Å². The maximum absolute atomic E-state index is 13.5. The van der Waals surface area contributed by atoms with Gasteiger partial charge in [-0.3, -0.25) is 0 Å². The number of alkyl halides is 6. The quantitative estimate of drug-likeness (QED) is 0.630. The van der Waals surface area contributed by atoms with Crippen molar-refractivity contribution < 1.29 is 30.7 Å². The van der Waals surface area contributed by atoms with Gasteiger partial charge in [-0.05, 0) is 12.1 Å². The van der Waals surface area contributed by atoms with E-state index in [0.717, 1.165) is 6.08 Å². The fourth-order valence-corrected chi connectivity index (χ4v) is 1.47. The molecule has 0 bridgehead atoms. The second kappa shape index (κ2) is 6.01. The van der Waals surface area contributed by atoms with Crippen LogP contribution in [0.5, 0.6) is 0 Å². The van der Waals surface area contributed by atoms with E-state index in [4.69, 9.17) is 5.73 Å². The minimum absolute atomic E-state index is 0. The fraction of sp³-hybridized carbons (Fsp3) is 0.273. The molecule has 1 aromatic rings. The van der Waals surface area contributed by atoms with Crippen molar-refractivity contribution in [3.8, 4) is 0 Å². The van der Waals surface area contributed by atoms with Crippen molar-refractivity contribution in [1.29, 1.82) is 0 Å². The van der Waals surface area contributed by atoms with Gasteiger partial charge in [-0.25, -0.2) is 4.39 Å². The van der Waals surface area contributed by atoms with Crippen LogP contribution in [-0.4, -0.2) is 0 Å². The highest BCUT2D eigenvalue weighted by molar-refractivity contribution is 5.85. The van der Waals surface area contributed by atoms with Gasteiger partial charge in [0.2, 0.25) is 0 Å². The molecule has 0 aliphatic heterocycles. The summed E-state index contributed by atoms with van der Waals surface area (Å²) in [7, 11) is 0. The summed E-state index contributed by atoms with van der Waals surface area (Å²) in [5.74, 6) is -1.67. The van der Waals surface area contributed by atoms with E-state index in [2.05, 4.69) is 6.58 Å². The Kier molecular flexibility index (Phi) is 5.62. The number of hydrogen-bond donors (Lipinski definition) is 1. The average molecular weight is 324 g/mol. The lowest BCUT2D eigenvalue weighted by atomic mass is 9.97. The standard InChI is InChI=1S/C11H8F7N.ClH/c1-2-8(19)9-6(11(16,17)18)3-5(4-7(9)12)10(13,14)15;/h2-4,8H,1,19H2;1H/t8-;/m1./s1. The van der Waals surface area contributed by atoms with Crippen LogP contribution in [0.3, 0.4) is 0 Å². The first-order valence-electron chi connectivity index (χ1n) is 4.84. The molecule has 0 spiro atoms. The highest BCUT2D eigenvalue weighted by Crippen LogP contribution is 2.40. The van der Waals surface area contributed by atoms with E-state index in [9.17, 15) is 30.7 Å². The highest BCUT2D eigenvalue weighted by Gasteiger charge is 2.40. The van der Waals surface area contributed by atoms with Gasteiger partial charge >= 0.3 is 12.4 Å². The van der Waals surface area contributed by atoms with E-state index >= 15 is 0 Å². The van der Waals surface area contributed by atoms with E-state index in [0.29, 0.717) is 0 Å². The van der Waals surface area contributed by atoms with Gasteiger partial charge < -0.3 is 5.73 Å². The zero-order valence-corrected chi connectivity index (χ0v) is 10.5. The van der Waals surface area contributed by atoms with Crippen LogP contribution >= 0.6 is 12.4 Å². The van der Waals surface area contributed by atoms with Gasteiger partial charge in [-0.15, -0.1) is 19.0 Å². The Morgan fingerprint density at radius 2 is 1.55 bits per heavy atom. The number of rotatable bonds is 2. The van der Waals surface area contributed by atoms with Crippen molar-refractivity contribution in [2.45, 2.75) is 18.4 Å². The van der Waals surface area contributed by atoms with Gasteiger partial charge in [0.1, 0.15) is 5.82 Å². The van der Waals surface area contributed by atoms with Gasteiger partial charge in [0.05, 0.1) is 17.2 Å². The first-order chi connectivity index (χ1) is 8.48. The molecule has 0 aliphatic carbocycles. The number of hydrogen-bond acceptors (Lipinski definition) is 1. The topological polar surface area (TPSA) is 26.0 Å². The van der Waals surface area contributed by atoms with Crippen molar-refractivity contribution in [3.05, 3.63) is 47.3 Å². The summed E-state index contributed by atoms with van der Waals surface area (Å²) in [5.41, 5.74) is 0.671. The Bertz CT molecular complexity index is 493. The molecule has 0 fully saturated rings. The Hall–Kier alpha value is -1.28. The smallest absolute Gasteiger partial charge is 0.321 e. The molecule has 0 radical (unpaired) electrons. The number of halogens is 8. The van der Waals surface area contributed by atoms with Gasteiger partial charge in [-0.1, -0.05) is 6.08 Å². The summed E-state index contributed by atoms with van der Waals surface area (Å²) < 4.78 is 88.6. The first kappa shape index (κ1) is 18.7. The number of nitrogens with two attached hydrogens (primary N) is 1. The van der Waals surface area contributed by atoms with Gasteiger partial charge in [0.15, 0.2) is 0 Å². The molecule has 20 heavy (non-hydrogen) atoms. The average Bonchev–Trinajstić information content (AvgIpc) is 2.24. The van der Waals surface area contributed by atoms with E-state index < -0.39 is 40.9 Å². The molecule has 0 saturated heterocycles. The molecule has 0 saturated carbocycles. The molecule has 9 heteroatoms. The number of benzene rings is 1. The minimum Gasteiger partial charge on any atom is -0.321 e. The van der Waals surface area contributed by atoms with Crippen LogP contribution < -0.4 is 5.73 Å².